The lowest BCUT2D eigenvalue weighted by atomic mass is 9.94. The summed E-state index contributed by atoms with van der Waals surface area (Å²) in [5.41, 5.74) is 6.70. The van der Waals surface area contributed by atoms with Gasteiger partial charge in [0.2, 0.25) is 5.91 Å². The maximum Gasteiger partial charge on any atom is 0.240 e. The van der Waals surface area contributed by atoms with Gasteiger partial charge in [0.1, 0.15) is 0 Å². The minimum atomic E-state index is -0.579. The molecule has 1 aromatic rings. The Morgan fingerprint density at radius 2 is 1.82 bits per heavy atom. The highest BCUT2D eigenvalue weighted by Gasteiger charge is 2.46. The summed E-state index contributed by atoms with van der Waals surface area (Å²) in [6, 6.07) is 10.8. The monoisotopic (exact) mass is 301 g/mol. The van der Waals surface area contributed by atoms with Crippen molar-refractivity contribution in [3.05, 3.63) is 35.9 Å². The van der Waals surface area contributed by atoms with E-state index < -0.39 is 5.54 Å². The van der Waals surface area contributed by atoms with Crippen LogP contribution in [0.2, 0.25) is 0 Å². The van der Waals surface area contributed by atoms with E-state index in [1.54, 1.807) is 0 Å². The fraction of sp³-hybridized carbons (Fsp3) is 0.611. The van der Waals surface area contributed by atoms with Crippen LogP contribution in [0, 0.1) is 0 Å². The largest absolute Gasteiger partial charge is 0.353 e. The lowest BCUT2D eigenvalue weighted by molar-refractivity contribution is -0.123. The first-order valence-electron chi connectivity index (χ1n) is 8.43. The molecule has 0 aromatic heterocycles. The molecule has 0 bridgehead atoms. The number of nitrogens with two attached hydrogens (primary N) is 1. The summed E-state index contributed by atoms with van der Waals surface area (Å²) in [7, 11) is 0. The molecule has 0 radical (unpaired) electrons. The zero-order valence-electron chi connectivity index (χ0n) is 13.4. The van der Waals surface area contributed by atoms with Crippen LogP contribution in [-0.4, -0.2) is 23.5 Å². The Morgan fingerprint density at radius 1 is 1.18 bits per heavy atom. The molecule has 1 atom stereocenters. The van der Waals surface area contributed by atoms with Gasteiger partial charge in [-0.15, -0.1) is 0 Å². The molecule has 0 heterocycles. The number of rotatable bonds is 6. The van der Waals surface area contributed by atoms with Gasteiger partial charge in [-0.05, 0) is 38.2 Å². The molecule has 2 fully saturated rings. The van der Waals surface area contributed by atoms with E-state index in [9.17, 15) is 4.79 Å². The Hall–Kier alpha value is -1.39. The van der Waals surface area contributed by atoms with Crippen molar-refractivity contribution in [1.29, 1.82) is 0 Å². The van der Waals surface area contributed by atoms with Crippen molar-refractivity contribution in [3.63, 3.8) is 0 Å². The van der Waals surface area contributed by atoms with Crippen LogP contribution >= 0.6 is 0 Å². The first-order chi connectivity index (χ1) is 10.5. The van der Waals surface area contributed by atoms with Crippen molar-refractivity contribution < 1.29 is 4.79 Å². The molecule has 3 rings (SSSR count). The summed E-state index contributed by atoms with van der Waals surface area (Å²) in [5.74, 6) is 0.0212. The van der Waals surface area contributed by atoms with Crippen LogP contribution < -0.4 is 16.4 Å². The fourth-order valence-electron chi connectivity index (χ4n) is 3.50. The second-order valence-electron chi connectivity index (χ2n) is 7.10. The van der Waals surface area contributed by atoms with Crippen LogP contribution in [0.4, 0.5) is 0 Å². The van der Waals surface area contributed by atoms with E-state index in [1.165, 1.54) is 18.4 Å². The minimum Gasteiger partial charge on any atom is -0.353 e. The summed E-state index contributed by atoms with van der Waals surface area (Å²) < 4.78 is 0. The zero-order chi connectivity index (χ0) is 15.6. The van der Waals surface area contributed by atoms with Gasteiger partial charge in [0.15, 0.2) is 0 Å². The summed E-state index contributed by atoms with van der Waals surface area (Å²) in [5, 5.41) is 6.88. The molecule has 4 N–H and O–H groups in total. The van der Waals surface area contributed by atoms with Gasteiger partial charge in [-0.2, -0.15) is 0 Å². The van der Waals surface area contributed by atoms with Gasteiger partial charge in [0.25, 0.3) is 0 Å². The number of nitrogens with one attached hydrogen (secondary N) is 2. The summed E-state index contributed by atoms with van der Waals surface area (Å²) >= 11 is 0. The standard InChI is InChI=1S/C18H27N3O/c1-14(15-7-3-2-4-8-15)21-17(9-5-6-10-17)13-20-16(22)18(19)11-12-18/h2-4,7-8,14,21H,5-6,9-13,19H2,1H3,(H,20,22). The van der Waals surface area contributed by atoms with E-state index in [0.29, 0.717) is 6.54 Å². The van der Waals surface area contributed by atoms with Crippen molar-refractivity contribution >= 4 is 5.91 Å². The first-order valence-corrected chi connectivity index (χ1v) is 8.43. The Balaban J connectivity index is 1.62. The average molecular weight is 301 g/mol. The highest BCUT2D eigenvalue weighted by atomic mass is 16.2. The average Bonchev–Trinajstić information content (AvgIpc) is 3.12. The second kappa shape index (κ2) is 6.01. The van der Waals surface area contributed by atoms with Crippen molar-refractivity contribution in [3.8, 4) is 0 Å². The van der Waals surface area contributed by atoms with E-state index in [-0.39, 0.29) is 17.5 Å². The number of carbonyl (C=O) groups is 1. The van der Waals surface area contributed by atoms with Gasteiger partial charge in [-0.3, -0.25) is 4.79 Å². The van der Waals surface area contributed by atoms with Crippen molar-refractivity contribution in [2.75, 3.05) is 6.54 Å². The lowest BCUT2D eigenvalue weighted by Gasteiger charge is -2.34. The number of benzene rings is 1. The van der Waals surface area contributed by atoms with Gasteiger partial charge < -0.3 is 16.4 Å². The molecule has 4 heteroatoms. The smallest absolute Gasteiger partial charge is 0.240 e. The van der Waals surface area contributed by atoms with Gasteiger partial charge in [0.05, 0.1) is 5.54 Å². The Morgan fingerprint density at radius 3 is 2.41 bits per heavy atom. The Kier molecular flexibility index (Phi) is 4.24. The maximum atomic E-state index is 12.1. The second-order valence-corrected chi connectivity index (χ2v) is 7.10. The van der Waals surface area contributed by atoms with Gasteiger partial charge >= 0.3 is 0 Å². The molecular formula is C18H27N3O. The van der Waals surface area contributed by atoms with Gasteiger partial charge in [-0.1, -0.05) is 43.2 Å². The number of amides is 1. The topological polar surface area (TPSA) is 67.1 Å². The molecule has 2 saturated carbocycles. The summed E-state index contributed by atoms with van der Waals surface area (Å²) in [6.07, 6.45) is 6.31. The molecule has 2 aliphatic carbocycles. The van der Waals surface area contributed by atoms with Crippen LogP contribution in [0.25, 0.3) is 0 Å². The third kappa shape index (κ3) is 3.33. The van der Waals surface area contributed by atoms with E-state index in [1.807, 2.05) is 6.07 Å². The summed E-state index contributed by atoms with van der Waals surface area (Å²) in [6.45, 7) is 2.88. The molecule has 2 aliphatic rings. The Labute approximate surface area is 132 Å². The van der Waals surface area contributed by atoms with Crippen LogP contribution in [0.1, 0.15) is 57.1 Å². The Bertz CT molecular complexity index is 518. The van der Waals surface area contributed by atoms with Crippen molar-refractivity contribution in [2.24, 2.45) is 5.73 Å². The highest BCUT2D eigenvalue weighted by molar-refractivity contribution is 5.89. The first kappa shape index (κ1) is 15.5. The van der Waals surface area contributed by atoms with E-state index >= 15 is 0 Å². The summed E-state index contributed by atoms with van der Waals surface area (Å²) in [4.78, 5) is 12.1. The van der Waals surface area contributed by atoms with Gasteiger partial charge in [-0.25, -0.2) is 0 Å². The highest BCUT2D eigenvalue weighted by Crippen LogP contribution is 2.34. The van der Waals surface area contributed by atoms with Crippen molar-refractivity contribution in [1.82, 2.24) is 10.6 Å². The van der Waals surface area contributed by atoms with Crippen LogP contribution in [0.3, 0.4) is 0 Å². The zero-order valence-corrected chi connectivity index (χ0v) is 13.4. The quantitative estimate of drug-likeness (QED) is 0.755. The third-order valence-corrected chi connectivity index (χ3v) is 5.21. The molecule has 22 heavy (non-hydrogen) atoms. The number of hydrogen-bond acceptors (Lipinski definition) is 3. The van der Waals surface area contributed by atoms with Crippen molar-refractivity contribution in [2.45, 2.75) is 62.6 Å². The molecule has 1 unspecified atom stereocenters. The molecular weight excluding hydrogens is 274 g/mol. The molecule has 120 valence electrons. The fourth-order valence-corrected chi connectivity index (χ4v) is 3.50. The normalized spacial score (nSPS) is 23.0. The van der Waals surface area contributed by atoms with E-state index in [0.717, 1.165) is 25.7 Å². The predicted octanol–water partition coefficient (Wildman–Crippen LogP) is 2.26. The van der Waals surface area contributed by atoms with Crippen LogP contribution in [0.15, 0.2) is 30.3 Å². The SMILES string of the molecule is CC(NC1(CNC(=O)C2(N)CC2)CCCC1)c1ccccc1. The molecule has 0 aliphatic heterocycles. The van der Waals surface area contributed by atoms with Crippen LogP contribution in [0.5, 0.6) is 0 Å². The maximum absolute atomic E-state index is 12.1. The number of hydrogen-bond donors (Lipinski definition) is 3. The molecule has 0 spiro atoms. The molecule has 1 amide bonds. The lowest BCUT2D eigenvalue weighted by Crippen LogP contribution is -2.55. The minimum absolute atomic E-state index is 0.0101. The van der Waals surface area contributed by atoms with Gasteiger partial charge in [0, 0.05) is 18.1 Å². The molecule has 1 aromatic carbocycles. The molecule has 0 saturated heterocycles. The molecule has 4 nitrogen and oxygen atoms in total. The van der Waals surface area contributed by atoms with E-state index in [2.05, 4.69) is 41.8 Å². The predicted molar refractivity (Wildman–Crippen MR) is 88.4 cm³/mol. The van der Waals surface area contributed by atoms with Crippen LogP contribution in [-0.2, 0) is 4.79 Å². The van der Waals surface area contributed by atoms with E-state index in [4.69, 9.17) is 5.73 Å². The third-order valence-electron chi connectivity index (χ3n) is 5.21. The number of carbonyl (C=O) groups excluding carboxylic acids is 1.